The SMILES string of the molecule is Cc1ccc2c(c1)C1(C(=O)N2)C(C#N)=C(N)N(c2ccc(Cl)c(Cl)c2)C2=C1C(=O)CCC2. The fourth-order valence-electron chi connectivity index (χ4n) is 5.02. The minimum Gasteiger partial charge on any atom is -0.384 e. The molecule has 0 radical (unpaired) electrons. The number of allylic oxidation sites excluding steroid dienone is 1. The Kier molecular flexibility index (Phi) is 4.59. The highest BCUT2D eigenvalue weighted by Gasteiger charge is 2.60. The summed E-state index contributed by atoms with van der Waals surface area (Å²) in [6.45, 7) is 1.90. The van der Waals surface area contributed by atoms with Gasteiger partial charge in [0.2, 0.25) is 5.91 Å². The number of fused-ring (bicyclic) bond motifs is 3. The van der Waals surface area contributed by atoms with Gasteiger partial charge in [0.25, 0.3) is 0 Å². The molecule has 8 heteroatoms. The molecule has 1 unspecified atom stereocenters. The molecule has 5 rings (SSSR count). The van der Waals surface area contributed by atoms with Crippen molar-refractivity contribution in [1.82, 2.24) is 0 Å². The second-order valence-corrected chi connectivity index (χ2v) is 8.97. The van der Waals surface area contributed by atoms with Crippen molar-refractivity contribution in [3.63, 3.8) is 0 Å². The van der Waals surface area contributed by atoms with E-state index in [0.717, 1.165) is 5.56 Å². The molecule has 3 aliphatic rings. The molecule has 2 aliphatic heterocycles. The highest BCUT2D eigenvalue weighted by atomic mass is 35.5. The lowest BCUT2D eigenvalue weighted by atomic mass is 9.63. The van der Waals surface area contributed by atoms with Crippen molar-refractivity contribution in [3.05, 3.63) is 80.2 Å². The summed E-state index contributed by atoms with van der Waals surface area (Å²) < 4.78 is 0. The molecule has 32 heavy (non-hydrogen) atoms. The third-order valence-corrected chi connectivity index (χ3v) is 7.08. The highest BCUT2D eigenvalue weighted by Crippen LogP contribution is 2.55. The molecule has 2 aromatic carbocycles. The Balaban J connectivity index is 1.88. The average Bonchev–Trinajstić information content (AvgIpc) is 3.03. The number of ketones is 1. The van der Waals surface area contributed by atoms with Crippen molar-refractivity contribution >= 4 is 46.3 Å². The first-order chi connectivity index (χ1) is 15.3. The first kappa shape index (κ1) is 20.6. The lowest BCUT2D eigenvalue weighted by Gasteiger charge is -2.43. The van der Waals surface area contributed by atoms with E-state index in [9.17, 15) is 14.9 Å². The Bertz CT molecular complexity index is 1340. The summed E-state index contributed by atoms with van der Waals surface area (Å²) in [5.41, 5.74) is 8.62. The Hall–Kier alpha value is -3.27. The number of amides is 1. The first-order valence-electron chi connectivity index (χ1n) is 10.2. The number of benzene rings is 2. The Labute approximate surface area is 194 Å². The number of Topliss-reactive ketones (excluding diaryl/α,β-unsaturated/α-hetero) is 1. The van der Waals surface area contributed by atoms with Gasteiger partial charge in [0.1, 0.15) is 17.3 Å². The van der Waals surface area contributed by atoms with Crippen molar-refractivity contribution in [2.75, 3.05) is 10.2 Å². The summed E-state index contributed by atoms with van der Waals surface area (Å²) in [6.07, 6.45) is 1.43. The van der Waals surface area contributed by atoms with Gasteiger partial charge in [0.15, 0.2) is 5.78 Å². The standard InChI is InChI=1S/C24H18Cl2N4O2/c1-12-5-8-18-14(9-12)24(23(32)29-18)15(11-27)22(28)30(13-6-7-16(25)17(26)10-13)19-3-2-4-20(31)21(19)24/h5-10H,2-4,28H2,1H3,(H,29,32). The van der Waals surface area contributed by atoms with Crippen LogP contribution in [0.4, 0.5) is 11.4 Å². The molecule has 1 atom stereocenters. The van der Waals surface area contributed by atoms with Gasteiger partial charge in [0, 0.05) is 34.6 Å². The molecule has 0 saturated heterocycles. The van der Waals surface area contributed by atoms with Crippen LogP contribution in [0.1, 0.15) is 30.4 Å². The number of anilines is 2. The number of carbonyl (C=O) groups excluding carboxylic acids is 2. The van der Waals surface area contributed by atoms with Gasteiger partial charge in [-0.1, -0.05) is 40.9 Å². The van der Waals surface area contributed by atoms with Gasteiger partial charge < -0.3 is 11.1 Å². The van der Waals surface area contributed by atoms with Crippen molar-refractivity contribution in [1.29, 1.82) is 5.26 Å². The molecular formula is C24H18Cl2N4O2. The number of halogens is 2. The molecule has 3 N–H and O–H groups in total. The monoisotopic (exact) mass is 464 g/mol. The largest absolute Gasteiger partial charge is 0.384 e. The minimum atomic E-state index is -1.57. The topological polar surface area (TPSA) is 99.2 Å². The normalized spacial score (nSPS) is 22.1. The van der Waals surface area contributed by atoms with Crippen LogP contribution in [0.2, 0.25) is 10.0 Å². The number of carbonyl (C=O) groups is 2. The summed E-state index contributed by atoms with van der Waals surface area (Å²) in [5, 5.41) is 13.8. The van der Waals surface area contributed by atoms with Crippen LogP contribution in [-0.4, -0.2) is 11.7 Å². The van der Waals surface area contributed by atoms with E-state index < -0.39 is 11.3 Å². The summed E-state index contributed by atoms with van der Waals surface area (Å²) in [4.78, 5) is 28.7. The van der Waals surface area contributed by atoms with Crippen LogP contribution in [0.5, 0.6) is 0 Å². The molecule has 0 saturated carbocycles. The maximum Gasteiger partial charge on any atom is 0.245 e. The van der Waals surface area contributed by atoms with Gasteiger partial charge in [-0.15, -0.1) is 0 Å². The number of nitrogens with zero attached hydrogens (tertiary/aromatic N) is 2. The van der Waals surface area contributed by atoms with E-state index in [1.807, 2.05) is 19.1 Å². The van der Waals surface area contributed by atoms with E-state index >= 15 is 0 Å². The van der Waals surface area contributed by atoms with Crippen LogP contribution in [-0.2, 0) is 15.0 Å². The number of hydrogen-bond donors (Lipinski definition) is 2. The van der Waals surface area contributed by atoms with Gasteiger partial charge >= 0.3 is 0 Å². The average molecular weight is 465 g/mol. The van der Waals surface area contributed by atoms with E-state index in [0.29, 0.717) is 57.5 Å². The van der Waals surface area contributed by atoms with Gasteiger partial charge in [-0.2, -0.15) is 5.26 Å². The zero-order valence-electron chi connectivity index (χ0n) is 17.1. The molecule has 1 amide bonds. The third-order valence-electron chi connectivity index (χ3n) is 6.34. The minimum absolute atomic E-state index is 0.0272. The quantitative estimate of drug-likeness (QED) is 0.636. The Morgan fingerprint density at radius 2 is 1.91 bits per heavy atom. The van der Waals surface area contributed by atoms with Crippen LogP contribution < -0.4 is 16.0 Å². The van der Waals surface area contributed by atoms with Crippen molar-refractivity contribution in [2.24, 2.45) is 5.73 Å². The summed E-state index contributed by atoms with van der Waals surface area (Å²) in [5.74, 6) is -0.501. The lowest BCUT2D eigenvalue weighted by molar-refractivity contribution is -0.122. The molecule has 160 valence electrons. The van der Waals surface area contributed by atoms with Crippen molar-refractivity contribution in [3.8, 4) is 6.07 Å². The zero-order chi connectivity index (χ0) is 22.8. The predicted octanol–water partition coefficient (Wildman–Crippen LogP) is 4.71. The van der Waals surface area contributed by atoms with E-state index in [4.69, 9.17) is 28.9 Å². The van der Waals surface area contributed by atoms with Crippen LogP contribution in [0, 0.1) is 18.3 Å². The Morgan fingerprint density at radius 1 is 1.12 bits per heavy atom. The number of nitrogens with two attached hydrogens (primary N) is 1. The van der Waals surface area contributed by atoms with Crippen LogP contribution in [0.25, 0.3) is 0 Å². The highest BCUT2D eigenvalue weighted by molar-refractivity contribution is 6.42. The molecule has 2 heterocycles. The van der Waals surface area contributed by atoms with E-state index in [1.165, 1.54) is 0 Å². The molecule has 6 nitrogen and oxygen atoms in total. The zero-order valence-corrected chi connectivity index (χ0v) is 18.6. The molecule has 0 bridgehead atoms. The number of aryl methyl sites for hydroxylation is 1. The number of nitriles is 1. The van der Waals surface area contributed by atoms with Crippen molar-refractivity contribution in [2.45, 2.75) is 31.6 Å². The maximum atomic E-state index is 13.6. The molecule has 0 aromatic heterocycles. The van der Waals surface area contributed by atoms with E-state index in [1.54, 1.807) is 29.2 Å². The second kappa shape index (κ2) is 7.13. The van der Waals surface area contributed by atoms with E-state index in [-0.39, 0.29) is 17.2 Å². The van der Waals surface area contributed by atoms with Gasteiger partial charge in [-0.3, -0.25) is 14.5 Å². The van der Waals surface area contributed by atoms with Crippen LogP contribution in [0.3, 0.4) is 0 Å². The summed E-state index contributed by atoms with van der Waals surface area (Å²) >= 11 is 12.4. The maximum absolute atomic E-state index is 13.6. The molecule has 0 fully saturated rings. The first-order valence-corrected chi connectivity index (χ1v) is 10.9. The second-order valence-electron chi connectivity index (χ2n) is 8.16. The molecule has 1 aliphatic carbocycles. The third kappa shape index (κ3) is 2.59. The van der Waals surface area contributed by atoms with Gasteiger partial charge in [-0.25, -0.2) is 0 Å². The number of hydrogen-bond acceptors (Lipinski definition) is 5. The van der Waals surface area contributed by atoms with Crippen molar-refractivity contribution < 1.29 is 9.59 Å². The molecule has 2 aromatic rings. The van der Waals surface area contributed by atoms with Gasteiger partial charge in [0.05, 0.1) is 15.6 Å². The van der Waals surface area contributed by atoms with Gasteiger partial charge in [-0.05, 0) is 44.0 Å². The van der Waals surface area contributed by atoms with Crippen LogP contribution in [0.15, 0.2) is 59.1 Å². The summed E-state index contributed by atoms with van der Waals surface area (Å²) in [6, 6.07) is 12.7. The fourth-order valence-corrected chi connectivity index (χ4v) is 5.32. The number of rotatable bonds is 1. The predicted molar refractivity (Wildman–Crippen MR) is 123 cm³/mol. The van der Waals surface area contributed by atoms with Crippen LogP contribution >= 0.6 is 23.2 Å². The lowest BCUT2D eigenvalue weighted by Crippen LogP contribution is -2.50. The fraction of sp³-hybridized carbons (Fsp3) is 0.208. The number of nitrogens with one attached hydrogen (secondary N) is 1. The van der Waals surface area contributed by atoms with E-state index in [2.05, 4.69) is 11.4 Å². The summed E-state index contributed by atoms with van der Waals surface area (Å²) in [7, 11) is 0. The smallest absolute Gasteiger partial charge is 0.245 e. The Morgan fingerprint density at radius 3 is 2.62 bits per heavy atom. The molecular weight excluding hydrogens is 447 g/mol. The molecule has 1 spiro atoms.